The third-order valence-electron chi connectivity index (χ3n) is 3.08. The highest BCUT2D eigenvalue weighted by atomic mass is 19.3. The van der Waals surface area contributed by atoms with Gasteiger partial charge in [0, 0.05) is 18.8 Å². The average molecular weight is 284 g/mol. The van der Waals surface area contributed by atoms with Gasteiger partial charge in [-0.15, -0.1) is 0 Å². The third-order valence-corrected chi connectivity index (χ3v) is 3.08. The van der Waals surface area contributed by atoms with Crippen molar-refractivity contribution in [1.82, 2.24) is 4.90 Å². The van der Waals surface area contributed by atoms with Gasteiger partial charge in [0.1, 0.15) is 6.61 Å². The molecule has 0 aliphatic carbocycles. The second-order valence-electron chi connectivity index (χ2n) is 4.72. The molecule has 1 aliphatic heterocycles. The first kappa shape index (κ1) is 14.7. The lowest BCUT2D eigenvalue weighted by atomic mass is 10.1. The molecule has 1 N–H and O–H groups in total. The molecule has 0 atom stereocenters. The maximum atomic E-state index is 11.8. The van der Waals surface area contributed by atoms with E-state index in [0.29, 0.717) is 13.1 Å². The lowest BCUT2D eigenvalue weighted by Crippen LogP contribution is -2.57. The Labute approximate surface area is 116 Å². The summed E-state index contributed by atoms with van der Waals surface area (Å²) in [5, 5.41) is 3.32. The Kier molecular flexibility index (Phi) is 5.29. The van der Waals surface area contributed by atoms with Gasteiger partial charge < -0.3 is 15.0 Å². The summed E-state index contributed by atoms with van der Waals surface area (Å²) in [7, 11) is 0. The van der Waals surface area contributed by atoms with Crippen molar-refractivity contribution in [3.05, 3.63) is 30.3 Å². The molecule has 6 heteroatoms. The number of alkyl halides is 2. The number of carbonyl (C=O) groups excluding carboxylic acids is 1. The number of benzene rings is 1. The molecule has 0 saturated carbocycles. The molecule has 4 nitrogen and oxygen atoms in total. The summed E-state index contributed by atoms with van der Waals surface area (Å²) in [6, 6.07) is 10.0. The maximum absolute atomic E-state index is 11.8. The number of nitrogens with zero attached hydrogens (tertiary/aromatic N) is 1. The van der Waals surface area contributed by atoms with Crippen LogP contribution in [0.1, 0.15) is 6.42 Å². The predicted molar refractivity (Wildman–Crippen MR) is 71.9 cm³/mol. The Hall–Kier alpha value is -1.69. The zero-order valence-corrected chi connectivity index (χ0v) is 11.1. The van der Waals surface area contributed by atoms with Crippen LogP contribution in [0.5, 0.6) is 0 Å². The molecule has 1 aromatic carbocycles. The molecule has 1 aromatic rings. The molecular formula is C14H18F2N2O2. The molecular weight excluding hydrogens is 266 g/mol. The number of likely N-dealkylation sites (tertiary alicyclic amines) is 1. The first-order valence-corrected chi connectivity index (χ1v) is 6.60. The number of hydrogen-bond donors (Lipinski definition) is 1. The van der Waals surface area contributed by atoms with E-state index in [-0.39, 0.29) is 25.0 Å². The van der Waals surface area contributed by atoms with E-state index >= 15 is 0 Å². The highest BCUT2D eigenvalue weighted by molar-refractivity contribution is 5.77. The molecule has 0 spiro atoms. The Bertz CT molecular complexity index is 422. The smallest absolute Gasteiger partial charge is 0.261 e. The molecule has 1 saturated heterocycles. The van der Waals surface area contributed by atoms with E-state index in [2.05, 4.69) is 5.32 Å². The molecule has 1 fully saturated rings. The van der Waals surface area contributed by atoms with Gasteiger partial charge in [-0.25, -0.2) is 8.78 Å². The standard InChI is InChI=1S/C14H18F2N2O2/c15-13(16)10-20-7-6-14(19)18-8-12(9-18)17-11-4-2-1-3-5-11/h1-5,12-13,17H,6-10H2. The van der Waals surface area contributed by atoms with Gasteiger partial charge in [0.25, 0.3) is 6.43 Å². The number of hydrogen-bond acceptors (Lipinski definition) is 3. The SMILES string of the molecule is O=C(CCOCC(F)F)N1CC(Nc2ccccc2)C1. The number of anilines is 1. The zero-order chi connectivity index (χ0) is 14.4. The average Bonchev–Trinajstić information content (AvgIpc) is 2.39. The van der Waals surface area contributed by atoms with Gasteiger partial charge >= 0.3 is 0 Å². The summed E-state index contributed by atoms with van der Waals surface area (Å²) in [5.74, 6) is -0.0506. The molecule has 20 heavy (non-hydrogen) atoms. The molecule has 0 aromatic heterocycles. The van der Waals surface area contributed by atoms with E-state index in [1.165, 1.54) is 0 Å². The van der Waals surface area contributed by atoms with Crippen molar-refractivity contribution in [2.75, 3.05) is 31.6 Å². The number of amides is 1. The fraction of sp³-hybridized carbons (Fsp3) is 0.500. The predicted octanol–water partition coefficient (Wildman–Crippen LogP) is 1.98. The molecule has 0 radical (unpaired) electrons. The van der Waals surface area contributed by atoms with E-state index in [0.717, 1.165) is 5.69 Å². The van der Waals surface area contributed by atoms with Crippen molar-refractivity contribution in [2.45, 2.75) is 18.9 Å². The second-order valence-corrected chi connectivity index (χ2v) is 4.72. The van der Waals surface area contributed by atoms with E-state index in [9.17, 15) is 13.6 Å². The van der Waals surface area contributed by atoms with Crippen LogP contribution in [0.4, 0.5) is 14.5 Å². The van der Waals surface area contributed by atoms with Gasteiger partial charge in [-0.2, -0.15) is 0 Å². The number of rotatable bonds is 7. The lowest BCUT2D eigenvalue weighted by Gasteiger charge is -2.40. The number of para-hydroxylation sites is 1. The van der Waals surface area contributed by atoms with Crippen molar-refractivity contribution in [3.8, 4) is 0 Å². The van der Waals surface area contributed by atoms with Crippen LogP contribution in [0.15, 0.2) is 30.3 Å². The van der Waals surface area contributed by atoms with Gasteiger partial charge in [0.2, 0.25) is 5.91 Å². The quantitative estimate of drug-likeness (QED) is 0.778. The molecule has 1 amide bonds. The summed E-state index contributed by atoms with van der Waals surface area (Å²) in [6.07, 6.45) is -2.32. The van der Waals surface area contributed by atoms with Gasteiger partial charge in [0.05, 0.1) is 19.1 Å². The number of nitrogens with one attached hydrogen (secondary N) is 1. The van der Waals surface area contributed by atoms with E-state index in [4.69, 9.17) is 4.74 Å². The Morgan fingerprint density at radius 1 is 1.35 bits per heavy atom. The topological polar surface area (TPSA) is 41.6 Å². The molecule has 110 valence electrons. The van der Waals surface area contributed by atoms with Crippen LogP contribution in [0.25, 0.3) is 0 Å². The zero-order valence-electron chi connectivity index (χ0n) is 11.1. The molecule has 1 heterocycles. The monoisotopic (exact) mass is 284 g/mol. The number of ether oxygens (including phenoxy) is 1. The first-order chi connectivity index (χ1) is 9.65. The van der Waals surface area contributed by atoms with Crippen LogP contribution in [0, 0.1) is 0 Å². The Morgan fingerprint density at radius 2 is 2.05 bits per heavy atom. The summed E-state index contributed by atoms with van der Waals surface area (Å²) in [5.41, 5.74) is 1.03. The van der Waals surface area contributed by atoms with Crippen molar-refractivity contribution >= 4 is 11.6 Å². The normalized spacial score (nSPS) is 15.2. The fourth-order valence-electron chi connectivity index (χ4n) is 2.03. The summed E-state index contributed by atoms with van der Waals surface area (Å²) in [6.45, 7) is 0.729. The molecule has 0 unspecified atom stereocenters. The minimum Gasteiger partial charge on any atom is -0.379 e. The summed E-state index contributed by atoms with van der Waals surface area (Å²) >= 11 is 0. The fourth-order valence-corrected chi connectivity index (χ4v) is 2.03. The minimum atomic E-state index is -2.48. The van der Waals surface area contributed by atoms with Crippen LogP contribution in [-0.2, 0) is 9.53 Å². The van der Waals surface area contributed by atoms with Crippen molar-refractivity contribution in [3.63, 3.8) is 0 Å². The highest BCUT2D eigenvalue weighted by Crippen LogP contribution is 2.15. The van der Waals surface area contributed by atoms with E-state index in [1.54, 1.807) is 4.90 Å². The number of halogens is 2. The van der Waals surface area contributed by atoms with Crippen molar-refractivity contribution in [2.24, 2.45) is 0 Å². The van der Waals surface area contributed by atoms with Gasteiger partial charge in [-0.3, -0.25) is 4.79 Å². The van der Waals surface area contributed by atoms with Gasteiger partial charge in [0.15, 0.2) is 0 Å². The Morgan fingerprint density at radius 3 is 2.70 bits per heavy atom. The minimum absolute atomic E-state index is 0.0506. The molecule has 1 aliphatic rings. The van der Waals surface area contributed by atoms with Crippen LogP contribution < -0.4 is 5.32 Å². The summed E-state index contributed by atoms with van der Waals surface area (Å²) < 4.78 is 28.3. The van der Waals surface area contributed by atoms with E-state index < -0.39 is 13.0 Å². The third kappa shape index (κ3) is 4.45. The van der Waals surface area contributed by atoms with Gasteiger partial charge in [-0.05, 0) is 12.1 Å². The van der Waals surface area contributed by atoms with E-state index in [1.807, 2.05) is 30.3 Å². The van der Waals surface area contributed by atoms with Crippen LogP contribution in [0.2, 0.25) is 0 Å². The van der Waals surface area contributed by atoms with Crippen molar-refractivity contribution < 1.29 is 18.3 Å². The van der Waals surface area contributed by atoms with Crippen LogP contribution in [0.3, 0.4) is 0 Å². The first-order valence-electron chi connectivity index (χ1n) is 6.60. The van der Waals surface area contributed by atoms with Crippen LogP contribution >= 0.6 is 0 Å². The summed E-state index contributed by atoms with van der Waals surface area (Å²) in [4.78, 5) is 13.4. The van der Waals surface area contributed by atoms with Gasteiger partial charge in [-0.1, -0.05) is 18.2 Å². The molecule has 2 rings (SSSR count). The number of carbonyl (C=O) groups is 1. The maximum Gasteiger partial charge on any atom is 0.261 e. The Balaban J connectivity index is 1.60. The molecule has 0 bridgehead atoms. The van der Waals surface area contributed by atoms with Crippen molar-refractivity contribution in [1.29, 1.82) is 0 Å². The second kappa shape index (κ2) is 7.19. The van der Waals surface area contributed by atoms with Crippen LogP contribution in [-0.4, -0.2) is 49.6 Å². The lowest BCUT2D eigenvalue weighted by molar-refractivity contribution is -0.136. The highest BCUT2D eigenvalue weighted by Gasteiger charge is 2.29. The largest absolute Gasteiger partial charge is 0.379 e.